The van der Waals surface area contributed by atoms with Crippen molar-refractivity contribution in [1.82, 2.24) is 15.2 Å². The molecule has 5 nitrogen and oxygen atoms in total. The fourth-order valence-electron chi connectivity index (χ4n) is 2.46. The van der Waals surface area contributed by atoms with Crippen LogP contribution >= 0.6 is 11.8 Å². The number of aromatic nitrogens is 1. The molecule has 0 saturated carbocycles. The van der Waals surface area contributed by atoms with Crippen LogP contribution in [0.15, 0.2) is 18.3 Å². The Hall–Kier alpha value is -1.43. The van der Waals surface area contributed by atoms with E-state index in [1.807, 2.05) is 47.8 Å². The quantitative estimate of drug-likeness (QED) is 0.930. The van der Waals surface area contributed by atoms with Crippen LogP contribution in [0.25, 0.3) is 0 Å². The SMILES string of the molecule is C[C@@H]1SCCN(C(=O)NCc2cccnc2N(C)C)[C@@H]1C. The van der Waals surface area contributed by atoms with E-state index < -0.39 is 0 Å². The molecule has 2 heterocycles. The van der Waals surface area contributed by atoms with E-state index in [4.69, 9.17) is 0 Å². The highest BCUT2D eigenvalue weighted by molar-refractivity contribution is 8.00. The van der Waals surface area contributed by atoms with E-state index in [0.29, 0.717) is 11.8 Å². The van der Waals surface area contributed by atoms with Crippen molar-refractivity contribution in [2.45, 2.75) is 31.7 Å². The minimum Gasteiger partial charge on any atom is -0.362 e. The van der Waals surface area contributed by atoms with E-state index in [0.717, 1.165) is 23.7 Å². The summed E-state index contributed by atoms with van der Waals surface area (Å²) in [7, 11) is 3.92. The average Bonchev–Trinajstić information content (AvgIpc) is 2.47. The molecule has 0 radical (unpaired) electrons. The average molecular weight is 308 g/mol. The molecule has 2 rings (SSSR count). The minimum atomic E-state index is 0.0169. The second-order valence-electron chi connectivity index (χ2n) is 5.55. The van der Waals surface area contributed by atoms with Gasteiger partial charge in [-0.3, -0.25) is 0 Å². The monoisotopic (exact) mass is 308 g/mol. The van der Waals surface area contributed by atoms with Crippen molar-refractivity contribution in [3.8, 4) is 0 Å². The lowest BCUT2D eigenvalue weighted by atomic mass is 10.2. The third kappa shape index (κ3) is 3.81. The molecule has 1 aliphatic rings. The summed E-state index contributed by atoms with van der Waals surface area (Å²) in [4.78, 5) is 20.6. The lowest BCUT2D eigenvalue weighted by Gasteiger charge is -2.37. The molecule has 0 aromatic carbocycles. The maximum atomic E-state index is 12.4. The van der Waals surface area contributed by atoms with Crippen LogP contribution in [0.1, 0.15) is 19.4 Å². The van der Waals surface area contributed by atoms with Gasteiger partial charge in [-0.2, -0.15) is 11.8 Å². The van der Waals surface area contributed by atoms with Gasteiger partial charge in [0.1, 0.15) is 5.82 Å². The van der Waals surface area contributed by atoms with Crippen LogP contribution < -0.4 is 10.2 Å². The molecule has 2 amide bonds. The summed E-state index contributed by atoms with van der Waals surface area (Å²) >= 11 is 1.93. The highest BCUT2D eigenvalue weighted by Gasteiger charge is 2.28. The topological polar surface area (TPSA) is 48.5 Å². The summed E-state index contributed by atoms with van der Waals surface area (Å²) in [5.74, 6) is 1.91. The first-order valence-electron chi connectivity index (χ1n) is 7.28. The number of hydrogen-bond acceptors (Lipinski definition) is 4. The normalized spacial score (nSPS) is 22.0. The molecule has 0 aliphatic carbocycles. The first-order chi connectivity index (χ1) is 10.0. The molecule has 2 atom stereocenters. The summed E-state index contributed by atoms with van der Waals surface area (Å²) in [5.41, 5.74) is 1.03. The Morgan fingerprint density at radius 3 is 3.00 bits per heavy atom. The van der Waals surface area contributed by atoms with Crippen LogP contribution in [0.2, 0.25) is 0 Å². The highest BCUT2D eigenvalue weighted by Crippen LogP contribution is 2.24. The van der Waals surface area contributed by atoms with E-state index in [9.17, 15) is 4.79 Å². The van der Waals surface area contributed by atoms with Crippen molar-refractivity contribution in [3.63, 3.8) is 0 Å². The van der Waals surface area contributed by atoms with Gasteiger partial charge in [-0.25, -0.2) is 9.78 Å². The van der Waals surface area contributed by atoms with Gasteiger partial charge in [-0.15, -0.1) is 0 Å². The zero-order chi connectivity index (χ0) is 15.4. The predicted octanol–water partition coefficient (Wildman–Crippen LogP) is 2.18. The van der Waals surface area contributed by atoms with Gasteiger partial charge >= 0.3 is 6.03 Å². The van der Waals surface area contributed by atoms with E-state index in [2.05, 4.69) is 24.1 Å². The van der Waals surface area contributed by atoms with Crippen molar-refractivity contribution in [1.29, 1.82) is 0 Å². The van der Waals surface area contributed by atoms with Crippen LogP contribution in [0.5, 0.6) is 0 Å². The second-order valence-corrected chi connectivity index (χ2v) is 7.03. The third-order valence-electron chi connectivity index (χ3n) is 3.87. The maximum Gasteiger partial charge on any atom is 0.317 e. The molecule has 1 aromatic heterocycles. The molecule has 1 fully saturated rings. The lowest BCUT2D eigenvalue weighted by molar-refractivity contribution is 0.180. The van der Waals surface area contributed by atoms with Crippen molar-refractivity contribution >= 4 is 23.6 Å². The van der Waals surface area contributed by atoms with Crippen LogP contribution in [-0.2, 0) is 6.54 Å². The van der Waals surface area contributed by atoms with Gasteiger partial charge in [-0.05, 0) is 13.0 Å². The number of nitrogens with one attached hydrogen (secondary N) is 1. The molecular formula is C15H24N4OS. The van der Waals surface area contributed by atoms with Crippen molar-refractivity contribution in [2.24, 2.45) is 0 Å². The fourth-order valence-corrected chi connectivity index (χ4v) is 3.56. The van der Waals surface area contributed by atoms with Crippen LogP contribution in [-0.4, -0.2) is 53.6 Å². The van der Waals surface area contributed by atoms with Gasteiger partial charge in [0.25, 0.3) is 0 Å². The standard InChI is InChI=1S/C15H24N4OS/c1-11-12(2)21-9-8-19(11)15(20)17-10-13-6-5-7-16-14(13)18(3)4/h5-7,11-12H,8-10H2,1-4H3,(H,17,20)/t11-,12+/m1/s1. The van der Waals surface area contributed by atoms with Crippen molar-refractivity contribution in [2.75, 3.05) is 31.3 Å². The van der Waals surface area contributed by atoms with Gasteiger partial charge < -0.3 is 15.1 Å². The Bertz CT molecular complexity index is 494. The van der Waals surface area contributed by atoms with Gasteiger partial charge in [0.05, 0.1) is 0 Å². The third-order valence-corrected chi connectivity index (χ3v) is 5.20. The van der Waals surface area contributed by atoms with E-state index in [-0.39, 0.29) is 12.1 Å². The van der Waals surface area contributed by atoms with E-state index in [1.54, 1.807) is 6.20 Å². The van der Waals surface area contributed by atoms with Gasteiger partial charge in [0.15, 0.2) is 0 Å². The van der Waals surface area contributed by atoms with Gasteiger partial charge in [0, 0.05) is 56.0 Å². The number of hydrogen-bond donors (Lipinski definition) is 1. The zero-order valence-electron chi connectivity index (χ0n) is 13.2. The Labute approximate surface area is 131 Å². The Morgan fingerprint density at radius 2 is 2.29 bits per heavy atom. The second kappa shape index (κ2) is 7.02. The van der Waals surface area contributed by atoms with Crippen LogP contribution in [0.3, 0.4) is 0 Å². The number of anilines is 1. The number of rotatable bonds is 3. The Balaban J connectivity index is 1.98. The zero-order valence-corrected chi connectivity index (χ0v) is 14.0. The van der Waals surface area contributed by atoms with E-state index >= 15 is 0 Å². The molecule has 116 valence electrons. The van der Waals surface area contributed by atoms with Crippen molar-refractivity contribution < 1.29 is 4.79 Å². The Morgan fingerprint density at radius 1 is 1.52 bits per heavy atom. The molecule has 1 N–H and O–H groups in total. The minimum absolute atomic E-state index is 0.0169. The van der Waals surface area contributed by atoms with Gasteiger partial charge in [0.2, 0.25) is 0 Å². The largest absolute Gasteiger partial charge is 0.362 e. The summed E-state index contributed by atoms with van der Waals surface area (Å²) < 4.78 is 0. The number of urea groups is 1. The number of thioether (sulfide) groups is 1. The smallest absolute Gasteiger partial charge is 0.317 e. The summed E-state index contributed by atoms with van der Waals surface area (Å²) in [6.45, 7) is 5.62. The Kier molecular flexibility index (Phi) is 5.33. The van der Waals surface area contributed by atoms with Gasteiger partial charge in [-0.1, -0.05) is 13.0 Å². The fraction of sp³-hybridized carbons (Fsp3) is 0.600. The molecule has 1 aromatic rings. The summed E-state index contributed by atoms with van der Waals surface area (Å²) in [6.07, 6.45) is 1.77. The van der Waals surface area contributed by atoms with Crippen molar-refractivity contribution in [3.05, 3.63) is 23.9 Å². The number of carbonyl (C=O) groups excluding carboxylic acids is 1. The van der Waals surface area contributed by atoms with E-state index in [1.165, 1.54) is 0 Å². The summed E-state index contributed by atoms with van der Waals surface area (Å²) in [5, 5.41) is 3.51. The van der Waals surface area contributed by atoms with Crippen LogP contribution in [0.4, 0.5) is 10.6 Å². The molecule has 0 bridgehead atoms. The number of carbonyl (C=O) groups is 1. The lowest BCUT2D eigenvalue weighted by Crippen LogP contribution is -2.51. The molecule has 6 heteroatoms. The van der Waals surface area contributed by atoms with Crippen LogP contribution in [0, 0.1) is 0 Å². The molecular weight excluding hydrogens is 284 g/mol. The number of pyridine rings is 1. The highest BCUT2D eigenvalue weighted by atomic mass is 32.2. The molecule has 0 spiro atoms. The maximum absolute atomic E-state index is 12.4. The molecule has 21 heavy (non-hydrogen) atoms. The predicted molar refractivity (Wildman–Crippen MR) is 88.9 cm³/mol. The molecule has 1 aliphatic heterocycles. The first kappa shape index (κ1) is 15.9. The molecule has 0 unspecified atom stereocenters. The summed E-state index contributed by atoms with van der Waals surface area (Å²) in [6, 6.07) is 4.19. The first-order valence-corrected chi connectivity index (χ1v) is 8.33. The number of amides is 2. The molecule has 1 saturated heterocycles. The number of nitrogens with zero attached hydrogens (tertiary/aromatic N) is 3.